The number of hydrogen-bond donors (Lipinski definition) is 2. The van der Waals surface area contributed by atoms with Gasteiger partial charge < -0.3 is 20.1 Å². The van der Waals surface area contributed by atoms with E-state index in [4.69, 9.17) is 9.47 Å². The lowest BCUT2D eigenvalue weighted by atomic mass is 10.2. The van der Waals surface area contributed by atoms with Crippen LogP contribution in [0.4, 0.5) is 0 Å². The predicted octanol–water partition coefficient (Wildman–Crippen LogP) is -0.872. The third-order valence-electron chi connectivity index (χ3n) is 2.11. The Bertz CT molecular complexity index is 169. The molecule has 5 heteroatoms. The summed E-state index contributed by atoms with van der Waals surface area (Å²) in [5.74, 6) is 0.00829. The molecule has 0 aromatic rings. The largest absolute Gasteiger partial charge is 0.383 e. The van der Waals surface area contributed by atoms with Crippen LogP contribution in [0.3, 0.4) is 0 Å². The lowest BCUT2D eigenvalue weighted by Crippen LogP contribution is -2.40. The summed E-state index contributed by atoms with van der Waals surface area (Å²) in [5, 5.41) is 5.87. The molecule has 5 nitrogen and oxygen atoms in total. The van der Waals surface area contributed by atoms with Gasteiger partial charge in [0.1, 0.15) is 0 Å². The average Bonchev–Trinajstić information content (AvgIpc) is 2.68. The minimum atomic E-state index is 0.00829. The molecule has 0 aliphatic carbocycles. The van der Waals surface area contributed by atoms with Crippen molar-refractivity contribution in [1.29, 1.82) is 0 Å². The van der Waals surface area contributed by atoms with Crippen molar-refractivity contribution in [3.8, 4) is 0 Å². The van der Waals surface area contributed by atoms with Crippen LogP contribution >= 0.6 is 0 Å². The van der Waals surface area contributed by atoms with Crippen LogP contribution in [0.15, 0.2) is 0 Å². The molecule has 1 amide bonds. The summed E-state index contributed by atoms with van der Waals surface area (Å²) in [4.78, 5) is 11.2. The van der Waals surface area contributed by atoms with Gasteiger partial charge in [-0.25, -0.2) is 0 Å². The quantitative estimate of drug-likeness (QED) is 0.550. The molecule has 0 radical (unpaired) electrons. The third-order valence-corrected chi connectivity index (χ3v) is 2.11. The lowest BCUT2D eigenvalue weighted by molar-refractivity contribution is -0.120. The first-order valence-corrected chi connectivity index (χ1v) is 4.89. The van der Waals surface area contributed by atoms with E-state index in [0.717, 1.165) is 13.0 Å². The van der Waals surface area contributed by atoms with Crippen LogP contribution in [0.5, 0.6) is 0 Å². The Balaban J connectivity index is 1.96. The molecule has 1 atom stereocenters. The number of carbonyl (C=O) groups is 1. The molecule has 1 saturated heterocycles. The Morgan fingerprint density at radius 1 is 1.64 bits per heavy atom. The van der Waals surface area contributed by atoms with Crippen molar-refractivity contribution in [2.45, 2.75) is 12.5 Å². The highest BCUT2D eigenvalue weighted by Crippen LogP contribution is 2.01. The van der Waals surface area contributed by atoms with Gasteiger partial charge in [-0.05, 0) is 6.42 Å². The van der Waals surface area contributed by atoms with Gasteiger partial charge in [0.25, 0.3) is 0 Å². The molecule has 0 aromatic carbocycles. The van der Waals surface area contributed by atoms with Gasteiger partial charge >= 0.3 is 0 Å². The first-order chi connectivity index (χ1) is 6.83. The summed E-state index contributed by atoms with van der Waals surface area (Å²) in [6.45, 7) is 2.99. The van der Waals surface area contributed by atoms with Crippen molar-refractivity contribution in [3.63, 3.8) is 0 Å². The fourth-order valence-corrected chi connectivity index (χ4v) is 1.29. The normalized spacial score (nSPS) is 21.1. The molecular formula is C9H18N2O3. The van der Waals surface area contributed by atoms with Crippen molar-refractivity contribution in [2.75, 3.05) is 40.0 Å². The van der Waals surface area contributed by atoms with Gasteiger partial charge in [0.05, 0.1) is 19.8 Å². The van der Waals surface area contributed by atoms with Gasteiger partial charge in [-0.2, -0.15) is 0 Å². The molecule has 82 valence electrons. The topological polar surface area (TPSA) is 59.6 Å². The first-order valence-electron chi connectivity index (χ1n) is 4.89. The third kappa shape index (κ3) is 4.55. The summed E-state index contributed by atoms with van der Waals surface area (Å²) in [7, 11) is 1.61. The fourth-order valence-electron chi connectivity index (χ4n) is 1.29. The van der Waals surface area contributed by atoms with Crippen LogP contribution in [0.25, 0.3) is 0 Å². The Labute approximate surface area is 84.1 Å². The van der Waals surface area contributed by atoms with Crippen LogP contribution in [0.2, 0.25) is 0 Å². The maximum Gasteiger partial charge on any atom is 0.234 e. The van der Waals surface area contributed by atoms with E-state index in [9.17, 15) is 4.79 Å². The Hall–Kier alpha value is -0.650. The maximum atomic E-state index is 11.2. The van der Waals surface area contributed by atoms with Crippen molar-refractivity contribution in [3.05, 3.63) is 0 Å². The zero-order chi connectivity index (χ0) is 10.2. The van der Waals surface area contributed by atoms with Crippen molar-refractivity contribution in [2.24, 2.45) is 0 Å². The number of nitrogens with one attached hydrogen (secondary N) is 2. The standard InChI is InChI=1S/C9H18N2O3/c1-13-5-3-10-9(12)6-11-8-2-4-14-7-8/h8,11H,2-7H2,1H3,(H,10,12). The van der Waals surface area contributed by atoms with Gasteiger partial charge in [-0.15, -0.1) is 0 Å². The molecule has 1 aliphatic heterocycles. The van der Waals surface area contributed by atoms with Gasteiger partial charge in [-0.1, -0.05) is 0 Å². The molecule has 0 bridgehead atoms. The molecule has 1 unspecified atom stereocenters. The summed E-state index contributed by atoms with van der Waals surface area (Å²) in [5.41, 5.74) is 0. The second-order valence-electron chi connectivity index (χ2n) is 3.28. The van der Waals surface area contributed by atoms with Crippen molar-refractivity contribution >= 4 is 5.91 Å². The van der Waals surface area contributed by atoms with E-state index in [1.54, 1.807) is 7.11 Å². The number of methoxy groups -OCH3 is 1. The van der Waals surface area contributed by atoms with Crippen LogP contribution in [-0.2, 0) is 14.3 Å². The smallest absolute Gasteiger partial charge is 0.234 e. The van der Waals surface area contributed by atoms with Gasteiger partial charge in [0, 0.05) is 26.3 Å². The highest BCUT2D eigenvalue weighted by Gasteiger charge is 2.15. The highest BCUT2D eigenvalue weighted by atomic mass is 16.5. The highest BCUT2D eigenvalue weighted by molar-refractivity contribution is 5.77. The van der Waals surface area contributed by atoms with Crippen molar-refractivity contribution < 1.29 is 14.3 Å². The molecule has 2 N–H and O–H groups in total. The SMILES string of the molecule is COCCNC(=O)CNC1CCOC1. The fraction of sp³-hybridized carbons (Fsp3) is 0.889. The van der Waals surface area contributed by atoms with Crippen LogP contribution in [-0.4, -0.2) is 52.0 Å². The van der Waals surface area contributed by atoms with Crippen molar-refractivity contribution in [1.82, 2.24) is 10.6 Å². The molecule has 1 rings (SSSR count). The van der Waals surface area contributed by atoms with Gasteiger partial charge in [0.15, 0.2) is 0 Å². The monoisotopic (exact) mass is 202 g/mol. The minimum absolute atomic E-state index is 0.00829. The number of amides is 1. The molecule has 0 saturated carbocycles. The first kappa shape index (κ1) is 11.4. The molecule has 0 aromatic heterocycles. The molecule has 1 heterocycles. The second-order valence-corrected chi connectivity index (χ2v) is 3.28. The Morgan fingerprint density at radius 2 is 2.50 bits per heavy atom. The van der Waals surface area contributed by atoms with E-state index in [1.165, 1.54) is 0 Å². The van der Waals surface area contributed by atoms with E-state index < -0.39 is 0 Å². The molecule has 1 aliphatic rings. The summed E-state index contributed by atoms with van der Waals surface area (Å²) in [6.07, 6.45) is 0.991. The number of ether oxygens (including phenoxy) is 2. The predicted molar refractivity (Wildman–Crippen MR) is 52.1 cm³/mol. The maximum absolute atomic E-state index is 11.2. The van der Waals surface area contributed by atoms with Crippen LogP contribution in [0, 0.1) is 0 Å². The lowest BCUT2D eigenvalue weighted by Gasteiger charge is -2.10. The zero-order valence-corrected chi connectivity index (χ0v) is 8.54. The molecule has 14 heavy (non-hydrogen) atoms. The Kier molecular flexibility index (Phi) is 5.51. The number of hydrogen-bond acceptors (Lipinski definition) is 4. The van der Waals surface area contributed by atoms with E-state index in [0.29, 0.717) is 32.3 Å². The van der Waals surface area contributed by atoms with Gasteiger partial charge in [-0.3, -0.25) is 4.79 Å². The van der Waals surface area contributed by atoms with Gasteiger partial charge in [0.2, 0.25) is 5.91 Å². The van der Waals surface area contributed by atoms with E-state index in [1.807, 2.05) is 0 Å². The van der Waals surface area contributed by atoms with Crippen LogP contribution < -0.4 is 10.6 Å². The average molecular weight is 202 g/mol. The molecule has 0 spiro atoms. The summed E-state index contributed by atoms with van der Waals surface area (Å²) < 4.78 is 9.99. The van der Waals surface area contributed by atoms with E-state index in [2.05, 4.69) is 10.6 Å². The second kappa shape index (κ2) is 6.75. The van der Waals surface area contributed by atoms with Crippen LogP contribution in [0.1, 0.15) is 6.42 Å². The minimum Gasteiger partial charge on any atom is -0.383 e. The summed E-state index contributed by atoms with van der Waals surface area (Å²) in [6, 6.07) is 0.336. The Morgan fingerprint density at radius 3 is 3.14 bits per heavy atom. The summed E-state index contributed by atoms with van der Waals surface area (Å²) >= 11 is 0. The number of rotatable bonds is 6. The number of carbonyl (C=O) groups excluding carboxylic acids is 1. The van der Waals surface area contributed by atoms with E-state index >= 15 is 0 Å². The van der Waals surface area contributed by atoms with E-state index in [-0.39, 0.29) is 5.91 Å². The molecule has 1 fully saturated rings. The molecular weight excluding hydrogens is 184 g/mol. The zero-order valence-electron chi connectivity index (χ0n) is 8.54.